The quantitative estimate of drug-likeness (QED) is 0.276. The number of hydrogen-bond donors (Lipinski definition) is 0. The Labute approximate surface area is 210 Å². The van der Waals surface area contributed by atoms with Gasteiger partial charge in [0.2, 0.25) is 0 Å². The van der Waals surface area contributed by atoms with Crippen molar-refractivity contribution < 1.29 is 28.5 Å². The van der Waals surface area contributed by atoms with E-state index in [4.69, 9.17) is 18.9 Å². The highest BCUT2D eigenvalue weighted by atomic mass is 16.5. The molecule has 36 heavy (non-hydrogen) atoms. The van der Waals surface area contributed by atoms with Gasteiger partial charge in [-0.2, -0.15) is 0 Å². The van der Waals surface area contributed by atoms with Crippen molar-refractivity contribution in [3.05, 3.63) is 57.6 Å². The number of fused-ring (bicyclic) bond motifs is 2. The van der Waals surface area contributed by atoms with Crippen molar-refractivity contribution in [3.8, 4) is 34.1 Å². The van der Waals surface area contributed by atoms with Crippen LogP contribution in [0.4, 0.5) is 0 Å². The lowest BCUT2D eigenvalue weighted by Gasteiger charge is -2.24. The molecular weight excluding hydrogens is 456 g/mol. The van der Waals surface area contributed by atoms with Gasteiger partial charge < -0.3 is 18.9 Å². The summed E-state index contributed by atoms with van der Waals surface area (Å²) in [4.78, 5) is 24.8. The summed E-state index contributed by atoms with van der Waals surface area (Å²) in [5, 5.41) is 3.02. The second-order valence-corrected chi connectivity index (χ2v) is 8.86. The third kappa shape index (κ3) is 3.56. The summed E-state index contributed by atoms with van der Waals surface area (Å²) in [5.41, 5.74) is 6.10. The Morgan fingerprint density at radius 1 is 0.528 bits per heavy atom. The zero-order chi connectivity index (χ0) is 26.3. The van der Waals surface area contributed by atoms with E-state index in [-0.39, 0.29) is 0 Å². The van der Waals surface area contributed by atoms with E-state index in [1.807, 2.05) is 39.8 Å². The van der Waals surface area contributed by atoms with Crippen LogP contribution in [-0.4, -0.2) is 41.0 Å². The van der Waals surface area contributed by atoms with Crippen molar-refractivity contribution in [1.29, 1.82) is 0 Å². The molecule has 0 fully saturated rings. The van der Waals surface area contributed by atoms with Gasteiger partial charge in [-0.15, -0.1) is 0 Å². The SMILES string of the molecule is COc1cc2c(C=O)c(C)c(-c3c(C)c(C=O)c4cc(C)c(C)cc4c3OC)c(OC)c2cc1OC. The first-order chi connectivity index (χ1) is 17.3. The van der Waals surface area contributed by atoms with Crippen molar-refractivity contribution in [2.24, 2.45) is 0 Å². The van der Waals surface area contributed by atoms with Gasteiger partial charge in [0.05, 0.1) is 28.4 Å². The molecule has 0 bridgehead atoms. The fourth-order valence-corrected chi connectivity index (χ4v) is 5.13. The highest BCUT2D eigenvalue weighted by Crippen LogP contribution is 2.51. The van der Waals surface area contributed by atoms with E-state index in [2.05, 4.69) is 0 Å². The van der Waals surface area contributed by atoms with Crippen LogP contribution < -0.4 is 18.9 Å². The van der Waals surface area contributed by atoms with Crippen LogP contribution >= 0.6 is 0 Å². The van der Waals surface area contributed by atoms with Crippen LogP contribution in [0, 0.1) is 27.7 Å². The van der Waals surface area contributed by atoms with Crippen molar-refractivity contribution >= 4 is 34.1 Å². The second-order valence-electron chi connectivity index (χ2n) is 8.86. The van der Waals surface area contributed by atoms with Gasteiger partial charge in [0, 0.05) is 38.4 Å². The van der Waals surface area contributed by atoms with Crippen LogP contribution in [0.15, 0.2) is 24.3 Å². The minimum Gasteiger partial charge on any atom is -0.495 e. The minimum absolute atomic E-state index is 0.496. The number of ether oxygens (including phenoxy) is 4. The lowest BCUT2D eigenvalue weighted by Crippen LogP contribution is -2.05. The average Bonchev–Trinajstić information content (AvgIpc) is 2.88. The summed E-state index contributed by atoms with van der Waals surface area (Å²) < 4.78 is 23.0. The van der Waals surface area contributed by atoms with Crippen LogP contribution in [0.5, 0.6) is 23.0 Å². The predicted molar refractivity (Wildman–Crippen MR) is 143 cm³/mol. The zero-order valence-electron chi connectivity index (χ0n) is 21.9. The van der Waals surface area contributed by atoms with Crippen LogP contribution in [-0.2, 0) is 0 Å². The van der Waals surface area contributed by atoms with Crippen molar-refractivity contribution in [2.45, 2.75) is 27.7 Å². The van der Waals surface area contributed by atoms with Gasteiger partial charge in [0.1, 0.15) is 11.5 Å². The third-order valence-corrected chi connectivity index (χ3v) is 7.13. The molecule has 186 valence electrons. The van der Waals surface area contributed by atoms with Gasteiger partial charge in [-0.3, -0.25) is 9.59 Å². The van der Waals surface area contributed by atoms with Gasteiger partial charge in [0.15, 0.2) is 24.1 Å². The number of methoxy groups -OCH3 is 4. The lowest BCUT2D eigenvalue weighted by molar-refractivity contribution is 0.111. The first kappa shape index (κ1) is 25.0. The highest BCUT2D eigenvalue weighted by Gasteiger charge is 2.27. The molecule has 0 radical (unpaired) electrons. The number of carbonyl (C=O) groups excluding carboxylic acids is 2. The molecule has 0 heterocycles. The Bertz CT molecular complexity index is 1550. The number of carbonyl (C=O) groups is 2. The Hall–Kier alpha value is -4.06. The zero-order valence-corrected chi connectivity index (χ0v) is 21.9. The van der Waals surface area contributed by atoms with Gasteiger partial charge >= 0.3 is 0 Å². The molecule has 6 heteroatoms. The van der Waals surface area contributed by atoms with Gasteiger partial charge in [0.25, 0.3) is 0 Å². The fourth-order valence-electron chi connectivity index (χ4n) is 5.13. The Morgan fingerprint density at radius 3 is 1.28 bits per heavy atom. The van der Waals surface area contributed by atoms with Crippen molar-refractivity contribution in [2.75, 3.05) is 28.4 Å². The van der Waals surface area contributed by atoms with E-state index in [0.29, 0.717) is 61.6 Å². The molecule has 0 aliphatic carbocycles. The minimum atomic E-state index is 0.496. The molecule has 0 N–H and O–H groups in total. The third-order valence-electron chi connectivity index (χ3n) is 7.13. The van der Waals surface area contributed by atoms with Gasteiger partial charge in [-0.25, -0.2) is 0 Å². The fraction of sp³-hybridized carbons (Fsp3) is 0.267. The standard InChI is InChI=1S/C30H30O6/c1-15-9-19-21(10-16(15)2)29(35-7)27(17(3)23(19)13-31)28-18(4)24(14-32)20-11-25(33-5)26(34-6)12-22(20)30(28)36-8/h9-14H,1-8H3. The van der Waals surface area contributed by atoms with Crippen molar-refractivity contribution in [3.63, 3.8) is 0 Å². The second kappa shape index (κ2) is 9.53. The maximum Gasteiger partial charge on any atom is 0.161 e. The summed E-state index contributed by atoms with van der Waals surface area (Å²) in [6.45, 7) is 7.82. The Kier molecular flexibility index (Phi) is 6.63. The molecule has 4 aromatic carbocycles. The summed E-state index contributed by atoms with van der Waals surface area (Å²) in [5.74, 6) is 2.19. The molecule has 0 amide bonds. The molecule has 0 saturated carbocycles. The summed E-state index contributed by atoms with van der Waals surface area (Å²) >= 11 is 0. The molecule has 0 saturated heterocycles. The van der Waals surface area contributed by atoms with E-state index >= 15 is 0 Å². The average molecular weight is 487 g/mol. The Morgan fingerprint density at radius 2 is 0.889 bits per heavy atom. The van der Waals surface area contributed by atoms with Gasteiger partial charge in [-0.1, -0.05) is 6.07 Å². The normalized spacial score (nSPS) is 11.0. The van der Waals surface area contributed by atoms with E-state index < -0.39 is 0 Å². The van der Waals surface area contributed by atoms with Crippen LogP contribution in [0.3, 0.4) is 0 Å². The Balaban J connectivity index is 2.30. The van der Waals surface area contributed by atoms with E-state index in [9.17, 15) is 9.59 Å². The van der Waals surface area contributed by atoms with Crippen LogP contribution in [0.1, 0.15) is 43.0 Å². The first-order valence-corrected chi connectivity index (χ1v) is 11.6. The van der Waals surface area contributed by atoms with Crippen LogP contribution in [0.25, 0.3) is 32.7 Å². The predicted octanol–water partition coefficient (Wildman–Crippen LogP) is 6.55. The van der Waals surface area contributed by atoms with Gasteiger partial charge in [-0.05, 0) is 73.5 Å². The van der Waals surface area contributed by atoms with E-state index in [1.54, 1.807) is 40.6 Å². The molecule has 0 spiro atoms. The summed E-state index contributed by atoms with van der Waals surface area (Å²) in [6, 6.07) is 7.65. The number of aryl methyl sites for hydroxylation is 2. The highest BCUT2D eigenvalue weighted by molar-refractivity contribution is 6.13. The number of benzene rings is 4. The molecule has 0 aromatic heterocycles. The lowest BCUT2D eigenvalue weighted by atomic mass is 9.84. The summed E-state index contributed by atoms with van der Waals surface area (Å²) in [7, 11) is 6.32. The molecule has 0 atom stereocenters. The molecular formula is C30H30O6. The van der Waals surface area contributed by atoms with E-state index in [0.717, 1.165) is 40.0 Å². The molecule has 0 aliphatic heterocycles. The largest absolute Gasteiger partial charge is 0.495 e. The van der Waals surface area contributed by atoms with Crippen LogP contribution in [0.2, 0.25) is 0 Å². The molecule has 4 aromatic rings. The molecule has 0 aliphatic rings. The number of hydrogen-bond acceptors (Lipinski definition) is 6. The summed E-state index contributed by atoms with van der Waals surface area (Å²) in [6.07, 6.45) is 1.72. The molecule has 0 unspecified atom stereocenters. The van der Waals surface area contributed by atoms with E-state index in [1.165, 1.54) is 0 Å². The number of rotatable bonds is 7. The molecule has 6 nitrogen and oxygen atoms in total. The maximum absolute atomic E-state index is 12.4. The topological polar surface area (TPSA) is 71.1 Å². The smallest absolute Gasteiger partial charge is 0.161 e. The van der Waals surface area contributed by atoms with Crippen molar-refractivity contribution in [1.82, 2.24) is 0 Å². The monoisotopic (exact) mass is 486 g/mol. The maximum atomic E-state index is 12.4. The first-order valence-electron chi connectivity index (χ1n) is 11.6. The molecule has 4 rings (SSSR count). The number of aldehydes is 2.